The van der Waals surface area contributed by atoms with Gasteiger partial charge in [-0.3, -0.25) is 0 Å². The van der Waals surface area contributed by atoms with Gasteiger partial charge in [-0.25, -0.2) is 23.7 Å². The van der Waals surface area contributed by atoms with Crippen molar-refractivity contribution in [2.75, 3.05) is 17.2 Å². The first-order valence-electron chi connectivity index (χ1n) is 10.5. The van der Waals surface area contributed by atoms with Gasteiger partial charge in [0, 0.05) is 30.8 Å². The van der Waals surface area contributed by atoms with E-state index in [1.165, 1.54) is 0 Å². The Bertz CT molecular complexity index is 1140. The Labute approximate surface area is 184 Å². The van der Waals surface area contributed by atoms with Gasteiger partial charge in [-0.1, -0.05) is 25.9 Å². The van der Waals surface area contributed by atoms with Crippen LogP contribution in [0.15, 0.2) is 10.5 Å². The summed E-state index contributed by atoms with van der Waals surface area (Å²) in [7, 11) is 0. The molecule has 3 aromatic heterocycles. The second-order valence-corrected chi connectivity index (χ2v) is 9.26. The van der Waals surface area contributed by atoms with Crippen LogP contribution >= 0.6 is 0 Å². The number of aromatic nitrogens is 5. The van der Waals surface area contributed by atoms with Crippen molar-refractivity contribution in [2.24, 2.45) is 0 Å². The largest absolute Gasteiger partial charge is 0.402 e. The van der Waals surface area contributed by atoms with E-state index in [1.54, 1.807) is 0 Å². The van der Waals surface area contributed by atoms with Crippen LogP contribution in [0.3, 0.4) is 0 Å². The van der Waals surface area contributed by atoms with E-state index < -0.39 is 12.0 Å². The molecule has 0 unspecified atom stereocenters. The van der Waals surface area contributed by atoms with E-state index in [0.29, 0.717) is 23.7 Å². The lowest BCUT2D eigenvalue weighted by Gasteiger charge is -2.42. The zero-order chi connectivity index (χ0) is 23.3. The predicted octanol–water partition coefficient (Wildman–Crippen LogP) is 3.68. The third-order valence-corrected chi connectivity index (χ3v) is 5.47. The van der Waals surface area contributed by atoms with Gasteiger partial charge in [-0.05, 0) is 25.5 Å². The van der Waals surface area contributed by atoms with E-state index in [1.807, 2.05) is 19.9 Å². The van der Waals surface area contributed by atoms with E-state index in [9.17, 15) is 13.9 Å². The van der Waals surface area contributed by atoms with Gasteiger partial charge in [0.05, 0.1) is 11.2 Å². The molecule has 4 rings (SSSR count). The van der Waals surface area contributed by atoms with Crippen molar-refractivity contribution in [3.05, 3.63) is 17.3 Å². The minimum Gasteiger partial charge on any atom is -0.402 e. The molecular weight excluding hydrogens is 420 g/mol. The summed E-state index contributed by atoms with van der Waals surface area (Å²) in [5.41, 5.74) is 1.31. The summed E-state index contributed by atoms with van der Waals surface area (Å²) in [6, 6.07) is 1.54. The molecule has 0 spiro atoms. The van der Waals surface area contributed by atoms with Crippen molar-refractivity contribution in [1.82, 2.24) is 25.1 Å². The molecule has 1 saturated carbocycles. The Morgan fingerprint density at radius 2 is 1.91 bits per heavy atom. The van der Waals surface area contributed by atoms with Crippen LogP contribution in [0.5, 0.6) is 0 Å². The Hall–Kier alpha value is -2.95. The van der Waals surface area contributed by atoms with Gasteiger partial charge >= 0.3 is 6.01 Å². The third-order valence-electron chi connectivity index (χ3n) is 5.47. The van der Waals surface area contributed by atoms with Gasteiger partial charge in [0.25, 0.3) is 12.3 Å². The highest BCUT2D eigenvalue weighted by Crippen LogP contribution is 2.39. The average Bonchev–Trinajstić information content (AvgIpc) is 3.14. The number of halogens is 2. The van der Waals surface area contributed by atoms with E-state index in [2.05, 4.69) is 51.6 Å². The molecule has 3 aromatic rings. The van der Waals surface area contributed by atoms with E-state index in [-0.39, 0.29) is 36.2 Å². The highest BCUT2D eigenvalue weighted by atomic mass is 19.3. The lowest BCUT2D eigenvalue weighted by Crippen LogP contribution is -2.55. The number of alkyl halides is 2. The Balaban J connectivity index is 1.65. The fourth-order valence-corrected chi connectivity index (χ4v) is 3.77. The molecule has 32 heavy (non-hydrogen) atoms. The molecule has 9 nitrogen and oxygen atoms in total. The average molecular weight is 447 g/mol. The molecule has 172 valence electrons. The molecule has 0 amide bonds. The number of hydrogen-bond acceptors (Lipinski definition) is 9. The third kappa shape index (κ3) is 4.08. The van der Waals surface area contributed by atoms with Gasteiger partial charge in [0.2, 0.25) is 5.95 Å². The van der Waals surface area contributed by atoms with E-state index >= 15 is 0 Å². The number of nitrogens with zero attached hydrogens (tertiary/aromatic N) is 5. The van der Waals surface area contributed by atoms with Crippen molar-refractivity contribution in [3.63, 3.8) is 0 Å². The van der Waals surface area contributed by atoms with Crippen molar-refractivity contribution in [2.45, 2.75) is 70.9 Å². The number of hydrogen-bond donors (Lipinski definition) is 3. The maximum atomic E-state index is 12.8. The minimum absolute atomic E-state index is 0.0872. The maximum Gasteiger partial charge on any atom is 0.316 e. The van der Waals surface area contributed by atoms with Crippen molar-refractivity contribution in [3.8, 4) is 11.6 Å². The molecule has 0 aromatic carbocycles. The van der Waals surface area contributed by atoms with Gasteiger partial charge in [-0.15, -0.1) is 5.10 Å². The van der Waals surface area contributed by atoms with Crippen molar-refractivity contribution in [1.29, 1.82) is 0 Å². The Kier molecular flexibility index (Phi) is 5.48. The molecule has 1 aliphatic carbocycles. The summed E-state index contributed by atoms with van der Waals surface area (Å²) in [5, 5.41) is 23.8. The summed E-state index contributed by atoms with van der Waals surface area (Å²) in [4.78, 5) is 14.0. The first-order valence-corrected chi connectivity index (χ1v) is 10.5. The molecule has 1 fully saturated rings. The fraction of sp³-hybridized carbons (Fsp3) is 0.571. The topological polar surface area (TPSA) is 122 Å². The number of anilines is 2. The lowest BCUT2D eigenvalue weighted by atomic mass is 9.76. The summed E-state index contributed by atoms with van der Waals surface area (Å²) in [5.74, 6) is 0.743. The molecule has 0 saturated heterocycles. The first kappa shape index (κ1) is 22.3. The summed E-state index contributed by atoms with van der Waals surface area (Å²) in [6.45, 7) is 10.8. The van der Waals surface area contributed by atoms with E-state index in [4.69, 9.17) is 9.40 Å². The van der Waals surface area contributed by atoms with Crippen molar-refractivity contribution >= 4 is 23.0 Å². The molecule has 11 heteroatoms. The summed E-state index contributed by atoms with van der Waals surface area (Å²) in [6.07, 6.45) is -2.96. The molecule has 0 radical (unpaired) electrons. The predicted molar refractivity (Wildman–Crippen MR) is 116 cm³/mol. The van der Waals surface area contributed by atoms with E-state index in [0.717, 1.165) is 16.8 Å². The maximum absolute atomic E-state index is 12.8. The van der Waals surface area contributed by atoms with Crippen molar-refractivity contribution < 1.29 is 18.3 Å². The van der Waals surface area contributed by atoms with Crippen LogP contribution in [0, 0.1) is 6.92 Å². The molecular formula is C21H27F2N7O2. The second-order valence-electron chi connectivity index (χ2n) is 9.26. The standard InChI is InChI=1S/C21H27F2N7O2/c1-6-24-18-27-13-10(2)7-12(26-14(13)15(28-18)20(3,4)5)16-29-30-19(32-16)25-11-8-21(31,9-11)17(22)23/h7,11,17,31H,6,8-9H2,1-5H3,(H,25,30)(H,24,27,28). The highest BCUT2D eigenvalue weighted by molar-refractivity contribution is 5.84. The molecule has 0 atom stereocenters. The normalized spacial score (nSPS) is 21.1. The number of pyridine rings is 1. The number of fused-ring (bicyclic) bond motifs is 1. The van der Waals surface area contributed by atoms with Crippen LogP contribution < -0.4 is 10.6 Å². The van der Waals surface area contributed by atoms with Gasteiger partial charge in [0.1, 0.15) is 16.8 Å². The van der Waals surface area contributed by atoms with Gasteiger partial charge in [0.15, 0.2) is 0 Å². The van der Waals surface area contributed by atoms with Crippen LogP contribution in [0.1, 0.15) is 51.8 Å². The number of rotatable bonds is 6. The Morgan fingerprint density at radius 3 is 2.53 bits per heavy atom. The molecule has 1 aliphatic rings. The number of aryl methyl sites for hydroxylation is 1. The molecule has 0 aliphatic heterocycles. The number of aliphatic hydroxyl groups is 1. The van der Waals surface area contributed by atoms with Crippen LogP contribution in [0.25, 0.3) is 22.6 Å². The first-order chi connectivity index (χ1) is 15.0. The summed E-state index contributed by atoms with van der Waals surface area (Å²) >= 11 is 0. The monoisotopic (exact) mass is 447 g/mol. The molecule has 3 N–H and O–H groups in total. The lowest BCUT2D eigenvalue weighted by molar-refractivity contribution is -0.148. The zero-order valence-corrected chi connectivity index (χ0v) is 18.7. The molecule has 0 bridgehead atoms. The zero-order valence-electron chi connectivity index (χ0n) is 18.7. The van der Waals surface area contributed by atoms with Crippen LogP contribution in [0.4, 0.5) is 20.7 Å². The Morgan fingerprint density at radius 1 is 1.19 bits per heavy atom. The summed E-state index contributed by atoms with van der Waals surface area (Å²) < 4.78 is 31.3. The second kappa shape index (κ2) is 7.88. The smallest absolute Gasteiger partial charge is 0.316 e. The van der Waals surface area contributed by atoms with Gasteiger partial charge in [-0.2, -0.15) is 0 Å². The van der Waals surface area contributed by atoms with Crippen LogP contribution in [-0.4, -0.2) is 54.9 Å². The van der Waals surface area contributed by atoms with Crippen LogP contribution in [-0.2, 0) is 5.41 Å². The SMILES string of the molecule is CCNc1nc(C(C)(C)C)c2nc(-c3nnc(NC4CC(O)(C(F)F)C4)o3)cc(C)c2n1. The fourth-order valence-electron chi connectivity index (χ4n) is 3.77. The van der Waals surface area contributed by atoms with Crippen LogP contribution in [0.2, 0.25) is 0 Å². The quantitative estimate of drug-likeness (QED) is 0.519. The van der Waals surface area contributed by atoms with Gasteiger partial charge < -0.3 is 20.2 Å². The molecule has 3 heterocycles. The number of nitrogens with one attached hydrogen (secondary N) is 2. The minimum atomic E-state index is -2.78. The highest BCUT2D eigenvalue weighted by Gasteiger charge is 2.50.